The molecule has 3 nitrogen and oxygen atoms in total. The molecule has 2 aromatic rings. The second-order valence-corrected chi connectivity index (χ2v) is 4.54. The Kier molecular flexibility index (Phi) is 3.85. The molecule has 0 fully saturated rings. The Hall–Kier alpha value is -1.99. The minimum atomic E-state index is 0.510. The van der Waals surface area contributed by atoms with Crippen molar-refractivity contribution in [1.82, 2.24) is 0 Å². The van der Waals surface area contributed by atoms with Crippen molar-refractivity contribution in [1.29, 1.82) is 5.26 Å². The Labute approximate surface area is 114 Å². The standard InChI is InChI=1S/C14H11BrN2O/c1-17-12-4-6-13(7-5-12)18-14-8-11(15)3-2-10(14)9-16/h2-8,17H,1H3. The van der Waals surface area contributed by atoms with Gasteiger partial charge in [-0.05, 0) is 42.5 Å². The summed E-state index contributed by atoms with van der Waals surface area (Å²) in [6, 6.07) is 15.0. The molecule has 0 saturated carbocycles. The first-order valence-corrected chi connectivity index (χ1v) is 6.17. The van der Waals surface area contributed by atoms with E-state index in [4.69, 9.17) is 10.00 Å². The molecular formula is C14H11BrN2O. The van der Waals surface area contributed by atoms with Crippen LogP contribution in [0.2, 0.25) is 0 Å². The molecule has 0 aliphatic heterocycles. The third-order valence-electron chi connectivity index (χ3n) is 2.43. The molecule has 0 bridgehead atoms. The van der Waals surface area contributed by atoms with Gasteiger partial charge in [-0.1, -0.05) is 15.9 Å². The van der Waals surface area contributed by atoms with E-state index in [1.54, 1.807) is 12.1 Å². The van der Waals surface area contributed by atoms with E-state index >= 15 is 0 Å². The van der Waals surface area contributed by atoms with Crippen molar-refractivity contribution in [3.8, 4) is 17.6 Å². The van der Waals surface area contributed by atoms with Gasteiger partial charge in [-0.25, -0.2) is 0 Å². The van der Waals surface area contributed by atoms with Crippen LogP contribution in [0.5, 0.6) is 11.5 Å². The number of hydrogen-bond donors (Lipinski definition) is 1. The molecule has 0 atom stereocenters. The number of halogens is 1. The molecule has 18 heavy (non-hydrogen) atoms. The second kappa shape index (κ2) is 5.56. The lowest BCUT2D eigenvalue weighted by Crippen LogP contribution is -1.90. The average Bonchev–Trinajstić information content (AvgIpc) is 2.40. The predicted octanol–water partition coefficient (Wildman–Crippen LogP) is 4.15. The van der Waals surface area contributed by atoms with Crippen molar-refractivity contribution in [2.24, 2.45) is 0 Å². The smallest absolute Gasteiger partial charge is 0.146 e. The molecule has 0 aromatic heterocycles. The van der Waals surface area contributed by atoms with Crippen LogP contribution in [-0.4, -0.2) is 7.05 Å². The zero-order chi connectivity index (χ0) is 13.0. The third kappa shape index (κ3) is 2.82. The summed E-state index contributed by atoms with van der Waals surface area (Å²) in [5.41, 5.74) is 1.52. The fourth-order valence-corrected chi connectivity index (χ4v) is 1.83. The van der Waals surface area contributed by atoms with Crippen LogP contribution in [0.25, 0.3) is 0 Å². The van der Waals surface area contributed by atoms with E-state index in [2.05, 4.69) is 27.3 Å². The van der Waals surface area contributed by atoms with E-state index in [0.717, 1.165) is 10.2 Å². The highest BCUT2D eigenvalue weighted by molar-refractivity contribution is 9.10. The lowest BCUT2D eigenvalue weighted by molar-refractivity contribution is 0.481. The highest BCUT2D eigenvalue weighted by atomic mass is 79.9. The van der Waals surface area contributed by atoms with Gasteiger partial charge in [0.25, 0.3) is 0 Å². The Bertz CT molecular complexity index is 588. The van der Waals surface area contributed by atoms with Gasteiger partial charge in [0.05, 0.1) is 5.56 Å². The molecule has 90 valence electrons. The van der Waals surface area contributed by atoms with Crippen LogP contribution >= 0.6 is 15.9 Å². The fourth-order valence-electron chi connectivity index (χ4n) is 1.49. The molecule has 0 unspecified atom stereocenters. The van der Waals surface area contributed by atoms with Crippen molar-refractivity contribution in [3.63, 3.8) is 0 Å². The second-order valence-electron chi connectivity index (χ2n) is 3.63. The molecular weight excluding hydrogens is 292 g/mol. The van der Waals surface area contributed by atoms with E-state index in [9.17, 15) is 0 Å². The number of rotatable bonds is 3. The summed E-state index contributed by atoms with van der Waals surface area (Å²) in [7, 11) is 1.86. The topological polar surface area (TPSA) is 45.0 Å². The van der Waals surface area contributed by atoms with Crippen molar-refractivity contribution in [3.05, 3.63) is 52.5 Å². The maximum atomic E-state index is 9.01. The first kappa shape index (κ1) is 12.5. The maximum absolute atomic E-state index is 9.01. The summed E-state index contributed by atoms with van der Waals surface area (Å²) in [5.74, 6) is 1.24. The predicted molar refractivity (Wildman–Crippen MR) is 74.9 cm³/mol. The van der Waals surface area contributed by atoms with Crippen LogP contribution in [0.1, 0.15) is 5.56 Å². The van der Waals surface area contributed by atoms with Crippen LogP contribution < -0.4 is 10.1 Å². The minimum Gasteiger partial charge on any atom is -0.456 e. The van der Waals surface area contributed by atoms with Gasteiger partial charge in [-0.2, -0.15) is 5.26 Å². The first-order chi connectivity index (χ1) is 8.72. The zero-order valence-corrected chi connectivity index (χ0v) is 11.4. The highest BCUT2D eigenvalue weighted by Gasteiger charge is 2.05. The van der Waals surface area contributed by atoms with Crippen molar-refractivity contribution < 1.29 is 4.74 Å². The van der Waals surface area contributed by atoms with Gasteiger partial charge in [-0.3, -0.25) is 0 Å². The largest absolute Gasteiger partial charge is 0.456 e. The molecule has 0 aliphatic carbocycles. The summed E-state index contributed by atoms with van der Waals surface area (Å²) < 4.78 is 6.58. The van der Waals surface area contributed by atoms with Gasteiger partial charge in [0, 0.05) is 17.2 Å². The normalized spacial score (nSPS) is 9.61. The summed E-state index contributed by atoms with van der Waals surface area (Å²) >= 11 is 3.36. The highest BCUT2D eigenvalue weighted by Crippen LogP contribution is 2.28. The molecule has 0 aliphatic rings. The Balaban J connectivity index is 2.27. The van der Waals surface area contributed by atoms with Crippen LogP contribution in [-0.2, 0) is 0 Å². The van der Waals surface area contributed by atoms with Gasteiger partial charge in [0.1, 0.15) is 17.6 Å². The van der Waals surface area contributed by atoms with Gasteiger partial charge in [-0.15, -0.1) is 0 Å². The Morgan fingerprint density at radius 2 is 1.89 bits per heavy atom. The molecule has 0 heterocycles. The average molecular weight is 303 g/mol. The number of hydrogen-bond acceptors (Lipinski definition) is 3. The summed E-state index contributed by atoms with van der Waals surface area (Å²) in [5, 5.41) is 12.0. The quantitative estimate of drug-likeness (QED) is 0.926. The van der Waals surface area contributed by atoms with E-state index in [0.29, 0.717) is 17.1 Å². The van der Waals surface area contributed by atoms with Gasteiger partial charge < -0.3 is 10.1 Å². The molecule has 4 heteroatoms. The molecule has 0 amide bonds. The Morgan fingerprint density at radius 1 is 1.17 bits per heavy atom. The number of anilines is 1. The SMILES string of the molecule is CNc1ccc(Oc2cc(Br)ccc2C#N)cc1. The van der Waals surface area contributed by atoms with E-state index in [1.807, 2.05) is 37.4 Å². The first-order valence-electron chi connectivity index (χ1n) is 5.38. The number of nitrogens with one attached hydrogen (secondary N) is 1. The molecule has 1 N–H and O–H groups in total. The number of nitrogens with zero attached hydrogens (tertiary/aromatic N) is 1. The monoisotopic (exact) mass is 302 g/mol. The van der Waals surface area contributed by atoms with Crippen LogP contribution in [0.4, 0.5) is 5.69 Å². The summed E-state index contributed by atoms with van der Waals surface area (Å²) in [4.78, 5) is 0. The van der Waals surface area contributed by atoms with Crippen LogP contribution in [0, 0.1) is 11.3 Å². The molecule has 0 radical (unpaired) electrons. The van der Waals surface area contributed by atoms with E-state index < -0.39 is 0 Å². The van der Waals surface area contributed by atoms with Crippen molar-refractivity contribution in [2.45, 2.75) is 0 Å². The lowest BCUT2D eigenvalue weighted by atomic mass is 10.2. The van der Waals surface area contributed by atoms with Gasteiger partial charge in [0.2, 0.25) is 0 Å². The molecule has 0 saturated heterocycles. The van der Waals surface area contributed by atoms with Crippen LogP contribution in [0.3, 0.4) is 0 Å². The van der Waals surface area contributed by atoms with Gasteiger partial charge in [0.15, 0.2) is 0 Å². The van der Waals surface area contributed by atoms with E-state index in [1.165, 1.54) is 0 Å². The van der Waals surface area contributed by atoms with Crippen LogP contribution in [0.15, 0.2) is 46.9 Å². The fraction of sp³-hybridized carbons (Fsp3) is 0.0714. The Morgan fingerprint density at radius 3 is 2.50 bits per heavy atom. The number of benzene rings is 2. The third-order valence-corrected chi connectivity index (χ3v) is 2.93. The summed E-state index contributed by atoms with van der Waals surface area (Å²) in [6.07, 6.45) is 0. The maximum Gasteiger partial charge on any atom is 0.146 e. The molecule has 2 aromatic carbocycles. The molecule has 0 spiro atoms. The summed E-state index contributed by atoms with van der Waals surface area (Å²) in [6.45, 7) is 0. The van der Waals surface area contributed by atoms with Crippen molar-refractivity contribution >= 4 is 21.6 Å². The number of ether oxygens (including phenoxy) is 1. The minimum absolute atomic E-state index is 0.510. The zero-order valence-electron chi connectivity index (χ0n) is 9.77. The van der Waals surface area contributed by atoms with E-state index in [-0.39, 0.29) is 0 Å². The number of nitriles is 1. The molecule has 2 rings (SSSR count). The lowest BCUT2D eigenvalue weighted by Gasteiger charge is -2.08. The van der Waals surface area contributed by atoms with Gasteiger partial charge >= 0.3 is 0 Å². The van der Waals surface area contributed by atoms with Crippen molar-refractivity contribution in [2.75, 3.05) is 12.4 Å².